The van der Waals surface area contributed by atoms with Crippen molar-refractivity contribution < 1.29 is 19.5 Å². The number of aliphatic hydroxyl groups excluding tert-OH is 2. The van der Waals surface area contributed by atoms with Crippen LogP contribution >= 0.6 is 26.6 Å². The SMILES string of the molecule is [2H]P(=S)(I)OC[C@H]1O[C@@H](n2cnc3c(N)ncnc32)[C@@H](O)C1O[3H]. The van der Waals surface area contributed by atoms with Crippen LogP contribution < -0.4 is 5.73 Å². The number of hydrogen-bond acceptors (Lipinski definition) is 9. The Balaban J connectivity index is 1.88. The van der Waals surface area contributed by atoms with Crippen LogP contribution in [0.2, 0.25) is 0 Å². The fourth-order valence-electron chi connectivity index (χ4n) is 2.27. The van der Waals surface area contributed by atoms with E-state index in [9.17, 15) is 5.11 Å². The second-order valence-corrected chi connectivity index (χ2v) is 10.9. The second kappa shape index (κ2) is 6.59. The summed E-state index contributed by atoms with van der Waals surface area (Å²) < 4.78 is 24.6. The van der Waals surface area contributed by atoms with Crippen molar-refractivity contribution in [3.05, 3.63) is 12.7 Å². The first-order chi connectivity index (χ1) is 11.3. The van der Waals surface area contributed by atoms with Crippen molar-refractivity contribution in [3.8, 4) is 0 Å². The third-order valence-corrected chi connectivity index (χ3v) is 4.81. The molecule has 0 saturated carbocycles. The molecule has 2 aromatic heterocycles. The molecule has 120 valence electrons. The van der Waals surface area contributed by atoms with Gasteiger partial charge in [-0.15, -0.1) is 0 Å². The summed E-state index contributed by atoms with van der Waals surface area (Å²) in [6, 6.07) is 0. The van der Waals surface area contributed by atoms with Gasteiger partial charge in [0, 0.05) is 0 Å². The quantitative estimate of drug-likeness (QED) is 0.417. The molecule has 22 heavy (non-hydrogen) atoms. The summed E-state index contributed by atoms with van der Waals surface area (Å²) in [5, 5.41) is 15.0. The van der Waals surface area contributed by atoms with E-state index < -0.39 is 29.1 Å². The van der Waals surface area contributed by atoms with Crippen molar-refractivity contribution in [1.82, 2.24) is 19.5 Å². The van der Waals surface area contributed by atoms with Gasteiger partial charge in [-0.25, -0.2) is 15.0 Å². The van der Waals surface area contributed by atoms with Gasteiger partial charge < -0.3 is 25.2 Å². The zero-order valence-electron chi connectivity index (χ0n) is 12.9. The topological polar surface area (TPSA) is 129 Å². The van der Waals surface area contributed by atoms with Gasteiger partial charge in [0.05, 0.1) is 12.9 Å². The van der Waals surface area contributed by atoms with E-state index in [0.717, 1.165) is 0 Å². The van der Waals surface area contributed by atoms with Crippen LogP contribution in [0.1, 0.15) is 6.23 Å². The van der Waals surface area contributed by atoms with Gasteiger partial charge in [0.25, 0.3) is 0 Å². The summed E-state index contributed by atoms with van der Waals surface area (Å²) >= 11 is 6.64. The molecule has 1 aliphatic rings. The number of aromatic nitrogens is 4. The lowest BCUT2D eigenvalue weighted by molar-refractivity contribution is -0.0456. The summed E-state index contributed by atoms with van der Waals surface area (Å²) in [5.41, 5.74) is 6.51. The minimum absolute atomic E-state index is 0.0649. The van der Waals surface area contributed by atoms with Crippen molar-refractivity contribution in [2.45, 2.75) is 24.5 Å². The Morgan fingerprint density at radius 1 is 1.64 bits per heavy atom. The van der Waals surface area contributed by atoms with Crippen LogP contribution in [-0.4, -0.2) is 57.4 Å². The van der Waals surface area contributed by atoms with Crippen LogP contribution in [0, 0.1) is 0 Å². The first-order valence-electron chi connectivity index (χ1n) is 7.03. The van der Waals surface area contributed by atoms with Gasteiger partial charge in [-0.2, -0.15) is 0 Å². The Bertz CT molecular complexity index is 794. The van der Waals surface area contributed by atoms with Gasteiger partial charge >= 0.3 is 0 Å². The fourth-order valence-corrected chi connectivity index (χ4v) is 3.20. The van der Waals surface area contributed by atoms with Crippen molar-refractivity contribution in [3.63, 3.8) is 0 Å². The van der Waals surface area contributed by atoms with E-state index in [2.05, 4.69) is 20.1 Å². The molecule has 4 N–H and O–H groups in total. The van der Waals surface area contributed by atoms with E-state index >= 15 is 0 Å². The fraction of sp³-hybridized carbons (Fsp3) is 0.500. The van der Waals surface area contributed by atoms with Crippen molar-refractivity contribution in [2.24, 2.45) is 0 Å². The lowest BCUT2D eigenvalue weighted by Crippen LogP contribution is -2.33. The maximum atomic E-state index is 10.4. The molecule has 0 bridgehead atoms. The number of fused-ring (bicyclic) bond motifs is 1. The number of halogens is 1. The van der Waals surface area contributed by atoms with E-state index in [1.807, 2.05) is 0 Å². The Kier molecular flexibility index (Phi) is 4.18. The Labute approximate surface area is 146 Å². The first kappa shape index (κ1) is 14.0. The molecule has 2 aromatic rings. The van der Waals surface area contributed by atoms with Gasteiger partial charge in [-0.1, -0.05) is 11.8 Å². The maximum Gasteiger partial charge on any atom is 0.211 e. The monoisotopic (exact) mass is 460 g/mol. The standard InChI is InChI=1S/C10H13IN5O4PS/c11-21(22)19-1-4-6(17)7(18)10(20-4)16-3-15-5-8(12)13-2-14-9(5)16/h2-4,6-7,10,17-18,21H,1H2,(H2,12,13,14)/t4-,6?,7+,10-/m1/s1/i17T,21D. The smallest absolute Gasteiger partial charge is 0.211 e. The second-order valence-electron chi connectivity index (χ2n) is 4.61. The van der Waals surface area contributed by atoms with E-state index in [1.54, 1.807) is 22.0 Å². The molecule has 3 heterocycles. The normalized spacial score (nSPS) is 32.6. The Morgan fingerprint density at radius 2 is 2.45 bits per heavy atom. The summed E-state index contributed by atoms with van der Waals surface area (Å²) in [5.74, 6) is 0.208. The third kappa shape index (κ3) is 2.98. The molecule has 2 unspecified atom stereocenters. The highest BCUT2D eigenvalue weighted by Gasteiger charge is 2.44. The number of nitrogens with two attached hydrogens (primary N) is 1. The van der Waals surface area contributed by atoms with Crippen molar-refractivity contribution >= 4 is 55.3 Å². The first-order valence-corrected chi connectivity index (χ1v) is 11.2. The summed E-state index contributed by atoms with van der Waals surface area (Å²) in [6.07, 6.45) is -1.09. The van der Waals surface area contributed by atoms with Crippen molar-refractivity contribution in [1.29, 1.82) is 2.71 Å². The molecule has 1 fully saturated rings. The average molecular weight is 460 g/mol. The number of ether oxygens (including phenoxy) is 1. The lowest BCUT2D eigenvalue weighted by Gasteiger charge is -2.16. The highest BCUT2D eigenvalue weighted by atomic mass is 127. The number of rotatable bonds is 5. The predicted molar refractivity (Wildman–Crippen MR) is 91.3 cm³/mol. The molecule has 3 rings (SSSR count). The summed E-state index contributed by atoms with van der Waals surface area (Å²) in [6.45, 7) is -0.0649. The summed E-state index contributed by atoms with van der Waals surface area (Å²) in [4.78, 5) is 12.1. The van der Waals surface area contributed by atoms with E-state index in [4.69, 9.17) is 29.5 Å². The molecule has 9 nitrogen and oxygen atoms in total. The third-order valence-electron chi connectivity index (χ3n) is 3.31. The molecule has 0 radical (unpaired) electrons. The molecule has 0 spiro atoms. The van der Waals surface area contributed by atoms with Crippen LogP contribution in [0.3, 0.4) is 0 Å². The predicted octanol–water partition coefficient (Wildman–Crippen LogP) is -0.0146. The number of imidazole rings is 1. The number of hydrogen-bond donors (Lipinski definition) is 3. The number of aliphatic hydroxyl groups is 2. The molecule has 12 heteroatoms. The van der Waals surface area contributed by atoms with Crippen LogP contribution in [-0.2, 0) is 21.1 Å². The van der Waals surface area contributed by atoms with Crippen LogP contribution in [0.4, 0.5) is 5.82 Å². The van der Waals surface area contributed by atoms with Gasteiger partial charge in [-0.3, -0.25) is 4.57 Å². The van der Waals surface area contributed by atoms with Crippen LogP contribution in [0.25, 0.3) is 11.2 Å². The molecule has 1 aliphatic heterocycles. The molecule has 0 aromatic carbocycles. The molecule has 0 aliphatic carbocycles. The maximum absolute atomic E-state index is 10.4. The largest absolute Gasteiger partial charge is 0.387 e. The zero-order valence-corrected chi connectivity index (χ0v) is 14.8. The number of nitrogen functional groups attached to an aromatic ring is 1. The summed E-state index contributed by atoms with van der Waals surface area (Å²) in [7, 11) is 0. The number of anilines is 1. The van der Waals surface area contributed by atoms with Gasteiger partial charge in [0.1, 0.15) is 35.9 Å². The Hall–Kier alpha value is -0.430. The van der Waals surface area contributed by atoms with Crippen LogP contribution in [0.15, 0.2) is 12.7 Å². The van der Waals surface area contributed by atoms with E-state index in [0.29, 0.717) is 11.2 Å². The molecule has 1 saturated heterocycles. The molecule has 5 atom stereocenters. The van der Waals surface area contributed by atoms with Gasteiger partial charge in [0.2, 0.25) is 1.43 Å². The van der Waals surface area contributed by atoms with Crippen molar-refractivity contribution in [2.75, 3.05) is 12.3 Å². The lowest BCUT2D eigenvalue weighted by atomic mass is 10.1. The highest BCUT2D eigenvalue weighted by Crippen LogP contribution is 2.36. The zero-order chi connectivity index (χ0) is 17.5. The minimum atomic E-state index is -2.68. The molecular weight excluding hydrogens is 444 g/mol. The van der Waals surface area contributed by atoms with Gasteiger partial charge in [0.15, 0.2) is 17.7 Å². The Morgan fingerprint density at radius 3 is 3.18 bits per heavy atom. The molecule has 0 amide bonds. The van der Waals surface area contributed by atoms with E-state index in [-0.39, 0.29) is 12.4 Å². The van der Waals surface area contributed by atoms with E-state index in [1.165, 1.54) is 17.2 Å². The molecular formula is C10H13IN5O4PS. The number of nitrogens with zero attached hydrogens (tertiary/aromatic N) is 4. The minimum Gasteiger partial charge on any atom is -0.387 e. The average Bonchev–Trinajstić information content (AvgIpc) is 3.06. The van der Waals surface area contributed by atoms with Gasteiger partial charge in [-0.05, 0) is 22.0 Å². The highest BCUT2D eigenvalue weighted by molar-refractivity contribution is 14.2. The van der Waals surface area contributed by atoms with Crippen LogP contribution in [0.5, 0.6) is 0 Å².